The lowest BCUT2D eigenvalue weighted by Crippen LogP contribution is -2.30. The van der Waals surface area contributed by atoms with E-state index < -0.39 is 0 Å². The molecule has 0 radical (unpaired) electrons. The van der Waals surface area contributed by atoms with Crippen molar-refractivity contribution in [1.29, 1.82) is 0 Å². The fourth-order valence-corrected chi connectivity index (χ4v) is 3.34. The first-order valence-electron chi connectivity index (χ1n) is 8.63. The molecule has 0 saturated heterocycles. The van der Waals surface area contributed by atoms with E-state index in [1.165, 1.54) is 12.1 Å². The second-order valence-electron chi connectivity index (χ2n) is 6.58. The van der Waals surface area contributed by atoms with Crippen molar-refractivity contribution in [2.75, 3.05) is 6.54 Å². The molecule has 0 fully saturated rings. The molecule has 1 aliphatic rings. The van der Waals surface area contributed by atoms with Crippen molar-refractivity contribution in [3.63, 3.8) is 0 Å². The summed E-state index contributed by atoms with van der Waals surface area (Å²) in [5, 5.41) is 11.8. The molecule has 3 heterocycles. The van der Waals surface area contributed by atoms with E-state index in [9.17, 15) is 4.39 Å². The number of hydrogen-bond donors (Lipinski definition) is 1. The first-order chi connectivity index (χ1) is 12.2. The van der Waals surface area contributed by atoms with Crippen molar-refractivity contribution >= 4 is 0 Å². The molecule has 4 rings (SSSR count). The molecule has 1 N–H and O–H groups in total. The number of rotatable bonds is 5. The number of furan rings is 1. The van der Waals surface area contributed by atoms with Crippen molar-refractivity contribution in [2.24, 2.45) is 5.92 Å². The lowest BCUT2D eigenvalue weighted by Gasteiger charge is -2.24. The number of hydrogen-bond acceptors (Lipinski definition) is 4. The molecular formula is C19H21FN4O. The van der Waals surface area contributed by atoms with Crippen LogP contribution in [0.1, 0.15) is 23.8 Å². The number of nitrogens with zero attached hydrogens (tertiary/aromatic N) is 3. The molecule has 0 spiro atoms. The number of aromatic nitrogens is 3. The molecule has 6 heteroatoms. The van der Waals surface area contributed by atoms with Crippen molar-refractivity contribution in [3.8, 4) is 11.3 Å². The van der Waals surface area contributed by atoms with Crippen LogP contribution in [0.5, 0.6) is 0 Å². The van der Waals surface area contributed by atoms with Crippen LogP contribution >= 0.6 is 0 Å². The monoisotopic (exact) mass is 340 g/mol. The predicted molar refractivity (Wildman–Crippen MR) is 92.4 cm³/mol. The van der Waals surface area contributed by atoms with Gasteiger partial charge in [0.25, 0.3) is 0 Å². The van der Waals surface area contributed by atoms with Crippen LogP contribution in [0.4, 0.5) is 4.39 Å². The third-order valence-electron chi connectivity index (χ3n) is 4.75. The van der Waals surface area contributed by atoms with Gasteiger partial charge in [0.15, 0.2) is 0 Å². The Kier molecular flexibility index (Phi) is 4.36. The first kappa shape index (κ1) is 16.0. The molecule has 0 bridgehead atoms. The Bertz CT molecular complexity index is 853. The van der Waals surface area contributed by atoms with Crippen LogP contribution in [-0.2, 0) is 19.5 Å². The molecule has 1 aliphatic heterocycles. The maximum absolute atomic E-state index is 13.0. The van der Waals surface area contributed by atoms with E-state index in [0.29, 0.717) is 12.5 Å². The number of benzene rings is 1. The van der Waals surface area contributed by atoms with E-state index in [0.717, 1.165) is 54.7 Å². The molecule has 0 unspecified atom stereocenters. The molecule has 25 heavy (non-hydrogen) atoms. The van der Waals surface area contributed by atoms with E-state index in [2.05, 4.69) is 20.1 Å². The van der Waals surface area contributed by atoms with Crippen molar-refractivity contribution in [1.82, 2.24) is 20.1 Å². The van der Waals surface area contributed by atoms with Crippen LogP contribution in [0.3, 0.4) is 0 Å². The zero-order valence-electron chi connectivity index (χ0n) is 14.2. The quantitative estimate of drug-likeness (QED) is 0.774. The maximum atomic E-state index is 13.0. The topological polar surface area (TPSA) is 55.9 Å². The molecule has 0 amide bonds. The standard InChI is InChI=1S/C19H21FN4O/c1-13-22-23-19-9-2-14(12-24(13)19)10-21-11-17-7-8-18(25-17)15-3-5-16(20)6-4-15/h3-8,14,21H,2,9-12H2,1H3/t14-/m1/s1. The van der Waals surface area contributed by atoms with Gasteiger partial charge in [-0.25, -0.2) is 4.39 Å². The summed E-state index contributed by atoms with van der Waals surface area (Å²) in [4.78, 5) is 0. The van der Waals surface area contributed by atoms with E-state index >= 15 is 0 Å². The zero-order chi connectivity index (χ0) is 17.2. The Hall–Kier alpha value is -2.47. The average Bonchev–Trinajstić information content (AvgIpc) is 3.23. The fourth-order valence-electron chi connectivity index (χ4n) is 3.34. The molecule has 130 valence electrons. The van der Waals surface area contributed by atoms with Gasteiger partial charge in [-0.2, -0.15) is 0 Å². The highest BCUT2D eigenvalue weighted by Crippen LogP contribution is 2.23. The molecule has 1 aromatic carbocycles. The summed E-state index contributed by atoms with van der Waals surface area (Å²) in [7, 11) is 0. The van der Waals surface area contributed by atoms with Gasteiger partial charge in [0.05, 0.1) is 6.54 Å². The zero-order valence-corrected chi connectivity index (χ0v) is 14.2. The molecule has 1 atom stereocenters. The lowest BCUT2D eigenvalue weighted by atomic mass is 9.99. The molecule has 3 aromatic rings. The molecule has 2 aromatic heterocycles. The normalized spacial score (nSPS) is 16.8. The van der Waals surface area contributed by atoms with Crippen LogP contribution < -0.4 is 5.32 Å². The van der Waals surface area contributed by atoms with Crippen molar-refractivity contribution in [2.45, 2.75) is 32.9 Å². The number of halogens is 1. The van der Waals surface area contributed by atoms with E-state index in [4.69, 9.17) is 4.42 Å². The van der Waals surface area contributed by atoms with Gasteiger partial charge in [-0.15, -0.1) is 10.2 Å². The van der Waals surface area contributed by atoms with Gasteiger partial charge in [-0.1, -0.05) is 0 Å². The highest BCUT2D eigenvalue weighted by atomic mass is 19.1. The minimum absolute atomic E-state index is 0.240. The number of aryl methyl sites for hydroxylation is 2. The fraction of sp³-hybridized carbons (Fsp3) is 0.368. The second-order valence-corrected chi connectivity index (χ2v) is 6.58. The smallest absolute Gasteiger partial charge is 0.134 e. The Morgan fingerprint density at radius 3 is 2.88 bits per heavy atom. The Morgan fingerprint density at radius 1 is 1.20 bits per heavy atom. The Morgan fingerprint density at radius 2 is 2.04 bits per heavy atom. The van der Waals surface area contributed by atoms with Gasteiger partial charge in [-0.05, 0) is 55.7 Å². The summed E-state index contributed by atoms with van der Waals surface area (Å²) in [6.45, 7) is 4.60. The summed E-state index contributed by atoms with van der Waals surface area (Å²) >= 11 is 0. The number of nitrogens with one attached hydrogen (secondary N) is 1. The van der Waals surface area contributed by atoms with E-state index in [-0.39, 0.29) is 5.82 Å². The van der Waals surface area contributed by atoms with Gasteiger partial charge < -0.3 is 14.3 Å². The third kappa shape index (κ3) is 3.49. The summed E-state index contributed by atoms with van der Waals surface area (Å²) in [5.41, 5.74) is 0.885. The molecule has 0 saturated carbocycles. The molecular weight excluding hydrogens is 319 g/mol. The van der Waals surface area contributed by atoms with Gasteiger partial charge in [-0.3, -0.25) is 0 Å². The first-order valence-corrected chi connectivity index (χ1v) is 8.63. The highest BCUT2D eigenvalue weighted by molar-refractivity contribution is 5.57. The summed E-state index contributed by atoms with van der Waals surface area (Å²) in [6.07, 6.45) is 2.12. The van der Waals surface area contributed by atoms with E-state index in [1.807, 2.05) is 19.1 Å². The Labute approximate surface area is 145 Å². The van der Waals surface area contributed by atoms with Crippen LogP contribution in [0.25, 0.3) is 11.3 Å². The summed E-state index contributed by atoms with van der Waals surface area (Å²) < 4.78 is 21.1. The third-order valence-corrected chi connectivity index (χ3v) is 4.75. The second kappa shape index (κ2) is 6.80. The van der Waals surface area contributed by atoms with Gasteiger partial charge in [0, 0.05) is 25.1 Å². The van der Waals surface area contributed by atoms with Crippen molar-refractivity contribution in [3.05, 3.63) is 59.6 Å². The lowest BCUT2D eigenvalue weighted by molar-refractivity contribution is 0.339. The maximum Gasteiger partial charge on any atom is 0.134 e. The largest absolute Gasteiger partial charge is 0.460 e. The van der Waals surface area contributed by atoms with Crippen LogP contribution in [0, 0.1) is 18.7 Å². The van der Waals surface area contributed by atoms with Gasteiger partial charge in [0.1, 0.15) is 29.0 Å². The summed E-state index contributed by atoms with van der Waals surface area (Å²) in [5.74, 6) is 4.08. The van der Waals surface area contributed by atoms with Crippen LogP contribution in [-0.4, -0.2) is 21.3 Å². The minimum Gasteiger partial charge on any atom is -0.460 e. The van der Waals surface area contributed by atoms with Crippen molar-refractivity contribution < 1.29 is 8.81 Å². The van der Waals surface area contributed by atoms with E-state index in [1.54, 1.807) is 12.1 Å². The van der Waals surface area contributed by atoms with Crippen LogP contribution in [0.2, 0.25) is 0 Å². The van der Waals surface area contributed by atoms with Gasteiger partial charge in [0.2, 0.25) is 0 Å². The van der Waals surface area contributed by atoms with Crippen LogP contribution in [0.15, 0.2) is 40.8 Å². The summed E-state index contributed by atoms with van der Waals surface area (Å²) in [6, 6.07) is 10.2. The molecule has 5 nitrogen and oxygen atoms in total. The Balaban J connectivity index is 1.31. The molecule has 0 aliphatic carbocycles. The highest BCUT2D eigenvalue weighted by Gasteiger charge is 2.21. The van der Waals surface area contributed by atoms with Gasteiger partial charge >= 0.3 is 0 Å². The minimum atomic E-state index is -0.240. The average molecular weight is 340 g/mol. The number of fused-ring (bicyclic) bond motifs is 1. The predicted octanol–water partition coefficient (Wildman–Crippen LogP) is 3.34. The SMILES string of the molecule is Cc1nnc2n1C[C@@H](CNCc1ccc(-c3ccc(F)cc3)o1)CC2.